The summed E-state index contributed by atoms with van der Waals surface area (Å²) in [6.45, 7) is -8.80. The molecule has 244 valence electrons. The number of fused-ring (bicyclic) bond motifs is 2. The molecule has 3 unspecified atom stereocenters. The van der Waals surface area contributed by atoms with Crippen LogP contribution in [0.1, 0.15) is 25.3 Å². The number of anilines is 2. The molecule has 4 aromatic rings. The monoisotopic (exact) mass is 740 g/mol. The average molecular weight is 741 g/mol. The van der Waals surface area contributed by atoms with Crippen LogP contribution in [-0.2, 0) is 46.7 Å². The highest BCUT2D eigenvalue weighted by Gasteiger charge is 2.43. The van der Waals surface area contributed by atoms with Crippen LogP contribution in [0.3, 0.4) is 0 Å². The lowest BCUT2D eigenvalue weighted by molar-refractivity contribution is -0.0493. The number of nitrogens with zero attached hydrogens (tertiary/aromatic N) is 6. The number of nitrogens with one attached hydrogen (secondary N) is 2. The van der Waals surface area contributed by atoms with Crippen molar-refractivity contribution < 1.29 is 42.8 Å². The third-order valence-electron chi connectivity index (χ3n) is 6.98. The standard InChI is InChI=1S/C20H26N10O9P2S4/c21-19-25-15-13(17(42)27-19)23-5-29(15)11-1-7(31)9(37-11)3-36-41(34,45)39-8-2-12(38-10(8)4-35-40(32,33)44)30-6-24-14-16(30)26-20(22)28-18(14)43/h5-12,31H,1-4H2,(H,34,45)(H2,32,33,44)(H3,21,25,27,42)(H3,22,26,28,43)/t7?,8?,9-,10-,11-,12-,41?/m1/s1. The van der Waals surface area contributed by atoms with E-state index in [2.05, 4.69) is 41.7 Å². The Bertz CT molecular complexity index is 1970. The smallest absolute Gasteiger partial charge is 0.324 e. The van der Waals surface area contributed by atoms with E-state index in [1.807, 2.05) is 0 Å². The maximum absolute atomic E-state index is 11.0. The van der Waals surface area contributed by atoms with Crippen molar-refractivity contribution in [2.75, 3.05) is 24.7 Å². The first-order valence-corrected chi connectivity index (χ1v) is 19.0. The van der Waals surface area contributed by atoms with E-state index < -0.39 is 56.9 Å². The lowest BCUT2D eigenvalue weighted by Crippen LogP contribution is -2.29. The van der Waals surface area contributed by atoms with Crippen molar-refractivity contribution in [2.24, 2.45) is 0 Å². The summed E-state index contributed by atoms with van der Waals surface area (Å²) in [5.41, 5.74) is 13.1. The van der Waals surface area contributed by atoms with Crippen LogP contribution < -0.4 is 11.5 Å². The molecule has 6 rings (SSSR count). The first-order valence-electron chi connectivity index (χ1n) is 13.0. The molecular weight excluding hydrogens is 714 g/mol. The molecule has 2 saturated heterocycles. The largest absolute Gasteiger partial charge is 0.390 e. The normalized spacial score (nSPS) is 27.0. The summed E-state index contributed by atoms with van der Waals surface area (Å²) in [5.74, 6) is 0.153. The first-order chi connectivity index (χ1) is 21.2. The van der Waals surface area contributed by atoms with Gasteiger partial charge < -0.3 is 64.3 Å². The molecule has 0 radical (unpaired) electrons. The van der Waals surface area contributed by atoms with Gasteiger partial charge in [-0.25, -0.2) is 9.97 Å². The van der Waals surface area contributed by atoms with Crippen molar-refractivity contribution in [3.8, 4) is 0 Å². The first kappa shape index (κ1) is 33.0. The number of nitrogen functional groups attached to an aromatic ring is 2. The van der Waals surface area contributed by atoms with Crippen molar-refractivity contribution in [1.29, 1.82) is 0 Å². The lowest BCUT2D eigenvalue weighted by atomic mass is 10.2. The Labute approximate surface area is 273 Å². The topological polar surface area (TPSA) is 272 Å². The molecule has 45 heavy (non-hydrogen) atoms. The van der Waals surface area contributed by atoms with E-state index in [1.165, 1.54) is 12.7 Å². The molecule has 0 amide bonds. The van der Waals surface area contributed by atoms with Gasteiger partial charge in [0.15, 0.2) is 11.3 Å². The van der Waals surface area contributed by atoms with Crippen LogP contribution in [0.25, 0.3) is 22.3 Å². The van der Waals surface area contributed by atoms with E-state index in [0.29, 0.717) is 27.0 Å². The molecule has 19 nitrogen and oxygen atoms in total. The number of imidazole rings is 2. The van der Waals surface area contributed by atoms with Crippen molar-refractivity contribution in [1.82, 2.24) is 39.0 Å². The second-order valence-corrected chi connectivity index (χ2v) is 16.3. The fraction of sp³-hybridized carbons (Fsp3) is 0.500. The zero-order valence-electron chi connectivity index (χ0n) is 22.6. The van der Waals surface area contributed by atoms with Crippen LogP contribution >= 0.6 is 37.9 Å². The van der Waals surface area contributed by atoms with Gasteiger partial charge in [-0.1, -0.05) is 24.4 Å². The van der Waals surface area contributed by atoms with Gasteiger partial charge in [0.25, 0.3) is 0 Å². The Balaban J connectivity index is 1.14. The quantitative estimate of drug-likeness (QED) is 0.0830. The molecule has 0 spiro atoms. The van der Waals surface area contributed by atoms with Gasteiger partial charge in [0.2, 0.25) is 11.9 Å². The van der Waals surface area contributed by atoms with Crippen LogP contribution in [0.4, 0.5) is 11.9 Å². The van der Waals surface area contributed by atoms with E-state index in [-0.39, 0.29) is 36.0 Å². The summed E-state index contributed by atoms with van der Waals surface area (Å²) < 4.78 is 32.2. The van der Waals surface area contributed by atoms with Gasteiger partial charge in [0, 0.05) is 12.8 Å². The van der Waals surface area contributed by atoms with Gasteiger partial charge in [-0.3, -0.25) is 9.13 Å². The number of aliphatic hydroxyl groups excluding tert-OH is 1. The third kappa shape index (κ3) is 7.17. The van der Waals surface area contributed by atoms with Gasteiger partial charge in [0.05, 0.1) is 38.1 Å². The number of aliphatic hydroxyl groups is 1. The number of hydrogen-bond donors (Lipinski definition) is 8. The molecule has 2 aliphatic rings. The summed E-state index contributed by atoms with van der Waals surface area (Å²) in [7, 11) is 0. The Morgan fingerprint density at radius 3 is 1.93 bits per heavy atom. The maximum atomic E-state index is 11.0. The molecule has 0 bridgehead atoms. The van der Waals surface area contributed by atoms with Crippen LogP contribution in [0.5, 0.6) is 0 Å². The molecule has 0 aromatic carbocycles. The summed E-state index contributed by atoms with van der Waals surface area (Å²) in [6.07, 6.45) is -2.20. The number of hydrogen-bond acceptors (Lipinski definition) is 16. The minimum absolute atomic E-state index is 0.0595. The van der Waals surface area contributed by atoms with Gasteiger partial charge in [0.1, 0.15) is 45.0 Å². The van der Waals surface area contributed by atoms with Crippen LogP contribution in [-0.4, -0.2) is 96.5 Å². The summed E-state index contributed by atoms with van der Waals surface area (Å²) in [4.78, 5) is 52.7. The molecule has 2 aliphatic heterocycles. The van der Waals surface area contributed by atoms with E-state index in [9.17, 15) is 19.8 Å². The number of aromatic amines is 2. The second-order valence-electron chi connectivity index (χ2n) is 10.0. The highest BCUT2D eigenvalue weighted by molar-refractivity contribution is 8.07. The number of ether oxygens (including phenoxy) is 2. The minimum atomic E-state index is -4.06. The fourth-order valence-electron chi connectivity index (χ4n) is 5.02. The number of H-pyrrole nitrogens is 2. The second kappa shape index (κ2) is 12.6. The van der Waals surface area contributed by atoms with E-state index >= 15 is 0 Å². The van der Waals surface area contributed by atoms with E-state index in [4.69, 9.17) is 70.8 Å². The van der Waals surface area contributed by atoms with Crippen molar-refractivity contribution >= 4 is 95.7 Å². The van der Waals surface area contributed by atoms with Gasteiger partial charge >= 0.3 is 13.4 Å². The number of aromatic nitrogens is 8. The highest BCUT2D eigenvalue weighted by Crippen LogP contribution is 2.50. The molecule has 4 aromatic heterocycles. The van der Waals surface area contributed by atoms with Gasteiger partial charge in [-0.15, -0.1) is 0 Å². The molecule has 0 saturated carbocycles. The van der Waals surface area contributed by atoms with E-state index in [1.54, 1.807) is 9.13 Å². The Hall–Kier alpha value is -1.92. The van der Waals surface area contributed by atoms with Crippen LogP contribution in [0.2, 0.25) is 0 Å². The fourth-order valence-corrected chi connectivity index (χ4v) is 7.51. The maximum Gasteiger partial charge on any atom is 0.324 e. The lowest BCUT2D eigenvalue weighted by Gasteiger charge is -2.25. The van der Waals surface area contributed by atoms with Crippen LogP contribution in [0, 0.1) is 9.28 Å². The zero-order valence-corrected chi connectivity index (χ0v) is 27.7. The van der Waals surface area contributed by atoms with Crippen LogP contribution in [0.15, 0.2) is 12.7 Å². The molecule has 7 atom stereocenters. The Morgan fingerprint density at radius 1 is 0.867 bits per heavy atom. The van der Waals surface area contributed by atoms with Crippen molar-refractivity contribution in [3.05, 3.63) is 21.9 Å². The molecule has 25 heteroatoms. The Morgan fingerprint density at radius 2 is 1.38 bits per heavy atom. The van der Waals surface area contributed by atoms with Crippen molar-refractivity contribution in [3.63, 3.8) is 0 Å². The molecule has 6 heterocycles. The highest BCUT2D eigenvalue weighted by atomic mass is 32.5. The SMILES string of the molecule is Nc1nc2c(ncn2[C@H]2CC(O)[C@@H](COP(O)(=S)OC3C[C@H](n4cnc5c(=S)[nH]c(N)nc54)O[C@@H]3COP(O)(O)=S)O2)c(=S)[nH]1. The predicted molar refractivity (Wildman–Crippen MR) is 169 cm³/mol. The van der Waals surface area contributed by atoms with Gasteiger partial charge in [-0.05, 0) is 23.6 Å². The number of nitrogens with two attached hydrogens (primary N) is 2. The number of rotatable bonds is 10. The van der Waals surface area contributed by atoms with E-state index in [0.717, 1.165) is 0 Å². The zero-order chi connectivity index (χ0) is 32.3. The summed E-state index contributed by atoms with van der Waals surface area (Å²) in [5, 5.41) is 10.7. The molecule has 2 fully saturated rings. The predicted octanol–water partition coefficient (Wildman–Crippen LogP) is 0.936. The summed E-state index contributed by atoms with van der Waals surface area (Å²) >= 11 is 20.3. The Kier molecular flexibility index (Phi) is 9.24. The third-order valence-corrected chi connectivity index (χ3v) is 9.96. The molecular formula is C20H26N10O9P2S4. The molecule has 0 aliphatic carbocycles. The van der Waals surface area contributed by atoms with Crippen molar-refractivity contribution in [2.45, 2.75) is 49.7 Å². The average Bonchev–Trinajstić information content (AvgIpc) is 3.71. The van der Waals surface area contributed by atoms with Gasteiger partial charge in [-0.2, -0.15) is 9.97 Å². The minimum Gasteiger partial charge on any atom is -0.390 e. The molecule has 10 N–H and O–H groups in total. The summed E-state index contributed by atoms with van der Waals surface area (Å²) in [6, 6.07) is 0.